The number of morpholine rings is 1. The van der Waals surface area contributed by atoms with Gasteiger partial charge in [-0.2, -0.15) is 0 Å². The molecule has 0 saturated carbocycles. The van der Waals surface area contributed by atoms with E-state index >= 15 is 0 Å². The van der Waals surface area contributed by atoms with Gasteiger partial charge in [-0.3, -0.25) is 9.69 Å². The maximum Gasteiger partial charge on any atom is 0.238 e. The quantitative estimate of drug-likeness (QED) is 0.923. The summed E-state index contributed by atoms with van der Waals surface area (Å²) in [4.78, 5) is 16.7. The van der Waals surface area contributed by atoms with Crippen molar-refractivity contribution in [2.24, 2.45) is 0 Å². The molecule has 1 aromatic rings. The molecular weight excluding hydrogens is 278 g/mol. The normalized spacial score (nSPS) is 22.8. The third-order valence-corrected chi connectivity index (χ3v) is 4.31. The molecule has 0 spiro atoms. The molecule has 1 N–H and O–H groups in total. The van der Waals surface area contributed by atoms with Crippen molar-refractivity contribution in [3.63, 3.8) is 0 Å². The first-order valence-electron chi connectivity index (χ1n) is 8.19. The Labute approximate surface area is 132 Å². The summed E-state index contributed by atoms with van der Waals surface area (Å²) in [5.74, 6) is 0.0445. The number of nitrogens with zero attached hydrogens (tertiary/aromatic N) is 2. The van der Waals surface area contributed by atoms with Crippen LogP contribution in [0.4, 0.5) is 11.4 Å². The lowest BCUT2D eigenvalue weighted by molar-refractivity contribution is -0.119. The zero-order chi connectivity index (χ0) is 15.4. The molecule has 2 fully saturated rings. The Bertz CT molecular complexity index is 497. The molecule has 2 aliphatic rings. The highest BCUT2D eigenvalue weighted by atomic mass is 16.5. The molecule has 1 atom stereocenters. The van der Waals surface area contributed by atoms with E-state index in [-0.39, 0.29) is 12.0 Å². The number of carbonyl (C=O) groups excluding carboxylic acids is 1. The summed E-state index contributed by atoms with van der Waals surface area (Å²) in [6.45, 7) is 7.11. The van der Waals surface area contributed by atoms with E-state index in [2.05, 4.69) is 27.2 Å². The summed E-state index contributed by atoms with van der Waals surface area (Å²) in [7, 11) is 0. The first-order chi connectivity index (χ1) is 10.7. The lowest BCUT2D eigenvalue weighted by Gasteiger charge is -2.30. The molecule has 0 bridgehead atoms. The number of ether oxygens (including phenoxy) is 1. The maximum atomic E-state index is 12.1. The van der Waals surface area contributed by atoms with Gasteiger partial charge >= 0.3 is 0 Å². The number of hydrogen-bond acceptors (Lipinski definition) is 4. The van der Waals surface area contributed by atoms with Crippen molar-refractivity contribution in [1.29, 1.82) is 0 Å². The molecule has 1 unspecified atom stereocenters. The zero-order valence-electron chi connectivity index (χ0n) is 13.3. The minimum Gasteiger partial charge on any atom is -0.376 e. The van der Waals surface area contributed by atoms with Crippen molar-refractivity contribution in [3.8, 4) is 0 Å². The maximum absolute atomic E-state index is 12.1. The van der Waals surface area contributed by atoms with Crippen molar-refractivity contribution < 1.29 is 9.53 Å². The highest BCUT2D eigenvalue weighted by Crippen LogP contribution is 2.22. The predicted octanol–water partition coefficient (Wildman–Crippen LogP) is 1.95. The largest absolute Gasteiger partial charge is 0.376 e. The third-order valence-electron chi connectivity index (χ3n) is 4.31. The van der Waals surface area contributed by atoms with E-state index in [0.29, 0.717) is 13.2 Å². The van der Waals surface area contributed by atoms with Crippen molar-refractivity contribution >= 4 is 17.3 Å². The van der Waals surface area contributed by atoms with Crippen LogP contribution in [0.15, 0.2) is 24.3 Å². The number of nitrogens with one attached hydrogen (secondary N) is 1. The van der Waals surface area contributed by atoms with Crippen LogP contribution in [0.5, 0.6) is 0 Å². The number of carbonyl (C=O) groups is 1. The summed E-state index contributed by atoms with van der Waals surface area (Å²) < 4.78 is 5.49. The molecule has 1 aromatic carbocycles. The number of rotatable bonds is 4. The average Bonchev–Trinajstić information content (AvgIpc) is 3.02. The first-order valence-corrected chi connectivity index (χ1v) is 8.19. The summed E-state index contributed by atoms with van der Waals surface area (Å²) >= 11 is 0. The summed E-state index contributed by atoms with van der Waals surface area (Å²) in [5.41, 5.74) is 2.12. The highest BCUT2D eigenvalue weighted by Gasteiger charge is 2.19. The van der Waals surface area contributed by atoms with E-state index in [1.165, 1.54) is 18.5 Å². The first kappa shape index (κ1) is 15.3. The number of benzene rings is 1. The van der Waals surface area contributed by atoms with E-state index in [0.717, 1.165) is 31.9 Å². The molecule has 2 saturated heterocycles. The van der Waals surface area contributed by atoms with Crippen LogP contribution in [0.2, 0.25) is 0 Å². The van der Waals surface area contributed by atoms with Crippen LogP contribution in [-0.4, -0.2) is 56.2 Å². The fourth-order valence-electron chi connectivity index (χ4n) is 3.17. The minimum absolute atomic E-state index is 0.0445. The molecule has 0 aromatic heterocycles. The molecular formula is C17H25N3O2. The second-order valence-corrected chi connectivity index (χ2v) is 6.21. The van der Waals surface area contributed by atoms with Crippen LogP contribution in [0.25, 0.3) is 0 Å². The second kappa shape index (κ2) is 7.11. The van der Waals surface area contributed by atoms with Crippen LogP contribution in [0.3, 0.4) is 0 Å². The molecule has 5 heteroatoms. The Balaban J connectivity index is 1.50. The molecule has 1 amide bonds. The minimum atomic E-state index is 0.0445. The van der Waals surface area contributed by atoms with E-state index in [9.17, 15) is 4.79 Å². The molecule has 22 heavy (non-hydrogen) atoms. The monoisotopic (exact) mass is 303 g/mol. The van der Waals surface area contributed by atoms with Gasteiger partial charge in [0, 0.05) is 37.6 Å². The zero-order valence-corrected chi connectivity index (χ0v) is 13.3. The number of anilines is 2. The summed E-state index contributed by atoms with van der Waals surface area (Å²) in [6, 6.07) is 8.18. The van der Waals surface area contributed by atoms with Crippen LogP contribution >= 0.6 is 0 Å². The lowest BCUT2D eigenvalue weighted by atomic mass is 10.2. The van der Waals surface area contributed by atoms with Crippen molar-refractivity contribution in [2.45, 2.75) is 25.9 Å². The van der Waals surface area contributed by atoms with Gasteiger partial charge in [0.25, 0.3) is 0 Å². The highest BCUT2D eigenvalue weighted by molar-refractivity contribution is 5.92. The van der Waals surface area contributed by atoms with Crippen molar-refractivity contribution in [3.05, 3.63) is 24.3 Å². The van der Waals surface area contributed by atoms with Gasteiger partial charge in [-0.05, 0) is 44.0 Å². The van der Waals surface area contributed by atoms with Gasteiger partial charge in [-0.1, -0.05) is 0 Å². The smallest absolute Gasteiger partial charge is 0.238 e. The van der Waals surface area contributed by atoms with Crippen LogP contribution in [0, 0.1) is 0 Å². The third kappa shape index (κ3) is 3.99. The Morgan fingerprint density at radius 3 is 2.64 bits per heavy atom. The van der Waals surface area contributed by atoms with Crippen LogP contribution in [0.1, 0.15) is 19.8 Å². The van der Waals surface area contributed by atoms with Gasteiger partial charge in [0.1, 0.15) is 0 Å². The topological polar surface area (TPSA) is 44.8 Å². The van der Waals surface area contributed by atoms with Gasteiger partial charge in [0.2, 0.25) is 5.91 Å². The number of amides is 1. The molecule has 0 radical (unpaired) electrons. The molecule has 0 aliphatic carbocycles. The second-order valence-electron chi connectivity index (χ2n) is 6.21. The van der Waals surface area contributed by atoms with Gasteiger partial charge in [-0.25, -0.2) is 0 Å². The molecule has 3 rings (SSSR count). The van der Waals surface area contributed by atoms with Gasteiger partial charge in [-0.15, -0.1) is 0 Å². The van der Waals surface area contributed by atoms with E-state index in [1.807, 2.05) is 19.1 Å². The Kier molecular flexibility index (Phi) is 4.95. The van der Waals surface area contributed by atoms with E-state index < -0.39 is 0 Å². The van der Waals surface area contributed by atoms with E-state index in [4.69, 9.17) is 4.74 Å². The Hall–Kier alpha value is -1.59. The molecule has 120 valence electrons. The SMILES string of the molecule is CC1CN(CC(=O)Nc2ccc(N3CCCC3)cc2)CCO1. The fourth-order valence-corrected chi connectivity index (χ4v) is 3.17. The van der Waals surface area contributed by atoms with Crippen molar-refractivity contribution in [2.75, 3.05) is 49.5 Å². The molecule has 5 nitrogen and oxygen atoms in total. The molecule has 2 heterocycles. The van der Waals surface area contributed by atoms with Gasteiger partial charge < -0.3 is 15.0 Å². The van der Waals surface area contributed by atoms with Gasteiger partial charge in [0.05, 0.1) is 19.3 Å². The van der Waals surface area contributed by atoms with Gasteiger partial charge in [0.15, 0.2) is 0 Å². The van der Waals surface area contributed by atoms with E-state index in [1.54, 1.807) is 0 Å². The summed E-state index contributed by atoms with van der Waals surface area (Å²) in [6.07, 6.45) is 2.76. The Morgan fingerprint density at radius 1 is 1.23 bits per heavy atom. The van der Waals surface area contributed by atoms with Crippen LogP contribution in [-0.2, 0) is 9.53 Å². The Morgan fingerprint density at radius 2 is 1.95 bits per heavy atom. The van der Waals surface area contributed by atoms with Crippen LogP contribution < -0.4 is 10.2 Å². The number of hydrogen-bond donors (Lipinski definition) is 1. The average molecular weight is 303 g/mol. The van der Waals surface area contributed by atoms with Crippen molar-refractivity contribution in [1.82, 2.24) is 4.90 Å². The lowest BCUT2D eigenvalue weighted by Crippen LogP contribution is -2.44. The molecule has 2 aliphatic heterocycles. The predicted molar refractivity (Wildman–Crippen MR) is 88.4 cm³/mol. The summed E-state index contributed by atoms with van der Waals surface area (Å²) in [5, 5.41) is 2.98. The fraction of sp³-hybridized carbons (Fsp3) is 0.588. The standard InChI is InChI=1S/C17H25N3O2/c1-14-12-19(10-11-22-14)13-17(21)18-15-4-6-16(7-5-15)20-8-2-3-9-20/h4-7,14H,2-3,8-13H2,1H3,(H,18,21).